The van der Waals surface area contributed by atoms with Gasteiger partial charge in [-0.15, -0.1) is 0 Å². The van der Waals surface area contributed by atoms with Crippen LogP contribution in [0.3, 0.4) is 0 Å². The molecule has 0 aliphatic heterocycles. The van der Waals surface area contributed by atoms with Crippen molar-refractivity contribution in [3.8, 4) is 23.0 Å². The van der Waals surface area contributed by atoms with Crippen LogP contribution in [0.25, 0.3) is 0 Å². The average molecular weight is 443 g/mol. The van der Waals surface area contributed by atoms with Crippen molar-refractivity contribution >= 4 is 28.9 Å². The van der Waals surface area contributed by atoms with Crippen molar-refractivity contribution in [1.82, 2.24) is 0 Å². The molecule has 0 heterocycles. The van der Waals surface area contributed by atoms with Crippen LogP contribution in [0.15, 0.2) is 60.7 Å². The first-order chi connectivity index (χ1) is 14.9. The third-order valence-electron chi connectivity index (χ3n) is 4.20. The number of halogens is 1. The van der Waals surface area contributed by atoms with Crippen molar-refractivity contribution in [3.63, 3.8) is 0 Å². The fourth-order valence-corrected chi connectivity index (χ4v) is 2.94. The number of amides is 1. The zero-order valence-corrected chi connectivity index (χ0v) is 17.5. The summed E-state index contributed by atoms with van der Waals surface area (Å²) < 4.78 is 16.5. The SMILES string of the molecule is CCOc1ccccc1NC(=O)c1ccc(Oc2ccc(Cl)cc2[N+](=O)[O-])c(OC)c1. The Morgan fingerprint density at radius 2 is 1.77 bits per heavy atom. The molecule has 8 nitrogen and oxygen atoms in total. The van der Waals surface area contributed by atoms with Gasteiger partial charge in [-0.25, -0.2) is 0 Å². The molecule has 0 aromatic heterocycles. The van der Waals surface area contributed by atoms with Gasteiger partial charge in [0.1, 0.15) is 5.75 Å². The average Bonchev–Trinajstić information content (AvgIpc) is 2.76. The Hall–Kier alpha value is -3.78. The summed E-state index contributed by atoms with van der Waals surface area (Å²) in [4.78, 5) is 23.4. The number of nitro benzene ring substituents is 1. The molecule has 1 amide bonds. The molecule has 0 saturated carbocycles. The molecular weight excluding hydrogens is 424 g/mol. The molecular formula is C22H19ClN2O6. The third kappa shape index (κ3) is 5.23. The monoisotopic (exact) mass is 442 g/mol. The van der Waals surface area contributed by atoms with Gasteiger partial charge in [0.25, 0.3) is 5.91 Å². The molecule has 3 aromatic carbocycles. The number of nitrogens with zero attached hydrogens (tertiary/aromatic N) is 1. The topological polar surface area (TPSA) is 99.9 Å². The van der Waals surface area contributed by atoms with Gasteiger partial charge in [-0.1, -0.05) is 23.7 Å². The Balaban J connectivity index is 1.85. The lowest BCUT2D eigenvalue weighted by molar-refractivity contribution is -0.385. The van der Waals surface area contributed by atoms with Crippen LogP contribution in [0, 0.1) is 10.1 Å². The maximum Gasteiger partial charge on any atom is 0.313 e. The predicted molar refractivity (Wildman–Crippen MR) is 117 cm³/mol. The Bertz CT molecular complexity index is 1120. The molecule has 0 saturated heterocycles. The Morgan fingerprint density at radius 1 is 1.03 bits per heavy atom. The number of nitrogens with one attached hydrogen (secondary N) is 1. The first-order valence-electron chi connectivity index (χ1n) is 9.26. The van der Waals surface area contributed by atoms with Gasteiger partial charge in [0.2, 0.25) is 5.75 Å². The van der Waals surface area contributed by atoms with Crippen molar-refractivity contribution in [3.05, 3.63) is 81.4 Å². The second-order valence-electron chi connectivity index (χ2n) is 6.22. The van der Waals surface area contributed by atoms with E-state index in [0.717, 1.165) is 0 Å². The number of hydrogen-bond acceptors (Lipinski definition) is 6. The highest BCUT2D eigenvalue weighted by Crippen LogP contribution is 2.38. The van der Waals surface area contributed by atoms with E-state index in [1.165, 1.54) is 43.5 Å². The van der Waals surface area contributed by atoms with Gasteiger partial charge < -0.3 is 19.5 Å². The van der Waals surface area contributed by atoms with Crippen LogP contribution in [0.1, 0.15) is 17.3 Å². The van der Waals surface area contributed by atoms with E-state index in [1.54, 1.807) is 18.2 Å². The lowest BCUT2D eigenvalue weighted by Gasteiger charge is -2.14. The molecule has 0 fully saturated rings. The van der Waals surface area contributed by atoms with Crippen LogP contribution in [-0.4, -0.2) is 24.5 Å². The molecule has 3 rings (SSSR count). The maximum absolute atomic E-state index is 12.7. The molecule has 3 aromatic rings. The minimum atomic E-state index is -0.592. The number of benzene rings is 3. The number of ether oxygens (including phenoxy) is 3. The maximum atomic E-state index is 12.7. The fraction of sp³-hybridized carbons (Fsp3) is 0.136. The summed E-state index contributed by atoms with van der Waals surface area (Å²) in [5.41, 5.74) is 0.551. The van der Waals surface area contributed by atoms with Crippen LogP contribution in [0.5, 0.6) is 23.0 Å². The summed E-state index contributed by atoms with van der Waals surface area (Å²) in [7, 11) is 1.41. The van der Waals surface area contributed by atoms with E-state index in [2.05, 4.69) is 5.32 Å². The molecule has 1 N–H and O–H groups in total. The lowest BCUT2D eigenvalue weighted by atomic mass is 10.1. The fourth-order valence-electron chi connectivity index (χ4n) is 2.78. The van der Waals surface area contributed by atoms with Crippen molar-refractivity contribution in [2.45, 2.75) is 6.92 Å². The summed E-state index contributed by atoms with van der Waals surface area (Å²) in [5, 5.41) is 14.3. The van der Waals surface area contributed by atoms with E-state index in [-0.39, 0.29) is 33.9 Å². The highest BCUT2D eigenvalue weighted by molar-refractivity contribution is 6.30. The van der Waals surface area contributed by atoms with Crippen molar-refractivity contribution in [2.75, 3.05) is 19.0 Å². The van der Waals surface area contributed by atoms with Gasteiger partial charge in [0.05, 0.1) is 24.3 Å². The number of nitro groups is 1. The highest BCUT2D eigenvalue weighted by Gasteiger charge is 2.19. The van der Waals surface area contributed by atoms with Crippen molar-refractivity contribution < 1.29 is 23.9 Å². The third-order valence-corrected chi connectivity index (χ3v) is 4.43. The van der Waals surface area contributed by atoms with Gasteiger partial charge >= 0.3 is 5.69 Å². The Morgan fingerprint density at radius 3 is 2.48 bits per heavy atom. The summed E-state index contributed by atoms with van der Waals surface area (Å²) in [6, 6.07) is 15.7. The summed E-state index contributed by atoms with van der Waals surface area (Å²) in [6.07, 6.45) is 0. The number of carbonyl (C=O) groups is 1. The largest absolute Gasteiger partial charge is 0.493 e. The molecule has 31 heavy (non-hydrogen) atoms. The summed E-state index contributed by atoms with van der Waals surface area (Å²) >= 11 is 5.84. The normalized spacial score (nSPS) is 10.3. The van der Waals surface area contributed by atoms with Crippen molar-refractivity contribution in [2.24, 2.45) is 0 Å². The summed E-state index contributed by atoms with van der Waals surface area (Å²) in [5.74, 6) is 0.611. The van der Waals surface area contributed by atoms with Crippen LogP contribution in [0.4, 0.5) is 11.4 Å². The Labute approximate surface area is 183 Å². The molecule has 0 spiro atoms. The molecule has 0 aliphatic rings. The van der Waals surface area contributed by atoms with E-state index < -0.39 is 4.92 Å². The molecule has 0 atom stereocenters. The van der Waals surface area contributed by atoms with Gasteiger partial charge in [-0.3, -0.25) is 14.9 Å². The first kappa shape index (κ1) is 21.9. The zero-order chi connectivity index (χ0) is 22.4. The minimum Gasteiger partial charge on any atom is -0.493 e. The molecule has 0 aliphatic carbocycles. The molecule has 0 unspecified atom stereocenters. The highest BCUT2D eigenvalue weighted by atomic mass is 35.5. The van der Waals surface area contributed by atoms with Crippen LogP contribution in [-0.2, 0) is 0 Å². The lowest BCUT2D eigenvalue weighted by Crippen LogP contribution is -2.13. The van der Waals surface area contributed by atoms with Gasteiger partial charge in [-0.05, 0) is 49.4 Å². The number of anilines is 1. The van der Waals surface area contributed by atoms with Crippen molar-refractivity contribution in [1.29, 1.82) is 0 Å². The van der Waals surface area contributed by atoms with Crippen LogP contribution in [0.2, 0.25) is 5.02 Å². The zero-order valence-electron chi connectivity index (χ0n) is 16.8. The summed E-state index contributed by atoms with van der Waals surface area (Å²) in [6.45, 7) is 2.32. The van der Waals surface area contributed by atoms with Crippen LogP contribution >= 0.6 is 11.6 Å². The Kier molecular flexibility index (Phi) is 6.94. The number of hydrogen-bond donors (Lipinski definition) is 1. The first-order valence-corrected chi connectivity index (χ1v) is 9.63. The molecule has 0 radical (unpaired) electrons. The van der Waals surface area contributed by atoms with E-state index in [1.807, 2.05) is 13.0 Å². The number of methoxy groups -OCH3 is 1. The molecule has 160 valence electrons. The van der Waals surface area contributed by atoms with Gasteiger partial charge in [-0.2, -0.15) is 0 Å². The minimum absolute atomic E-state index is 0.00413. The van der Waals surface area contributed by atoms with Crippen LogP contribution < -0.4 is 19.5 Å². The second-order valence-corrected chi connectivity index (χ2v) is 6.66. The number of carbonyl (C=O) groups excluding carboxylic acids is 1. The molecule has 0 bridgehead atoms. The number of para-hydroxylation sites is 2. The second kappa shape index (κ2) is 9.82. The predicted octanol–water partition coefficient (Wildman–Crippen LogP) is 5.70. The standard InChI is InChI=1S/C22H19ClN2O6/c1-3-30-18-7-5-4-6-16(18)24-22(26)14-8-10-20(21(12-14)29-2)31-19-11-9-15(23)13-17(19)25(27)28/h4-13H,3H2,1-2H3,(H,24,26). The van der Waals surface area contributed by atoms with Gasteiger partial charge in [0, 0.05) is 16.7 Å². The van der Waals surface area contributed by atoms with E-state index in [9.17, 15) is 14.9 Å². The van der Waals surface area contributed by atoms with E-state index in [4.69, 9.17) is 25.8 Å². The van der Waals surface area contributed by atoms with Gasteiger partial charge in [0.15, 0.2) is 11.5 Å². The quantitative estimate of drug-likeness (QED) is 0.354. The van der Waals surface area contributed by atoms with E-state index >= 15 is 0 Å². The van der Waals surface area contributed by atoms with E-state index in [0.29, 0.717) is 23.6 Å². The number of rotatable bonds is 8. The molecule has 9 heteroatoms. The smallest absolute Gasteiger partial charge is 0.313 e.